The zero-order chi connectivity index (χ0) is 22.5. The smallest absolute Gasteiger partial charge is 0.252 e. The first-order valence-corrected chi connectivity index (χ1v) is 11.9. The molecular weight excluding hydrogens is 404 g/mol. The standard InChI is InChI=1S/C24H34N6O2/c1-3-8-21(23-26-27-28-30(23)20-11-4-5-12-20)29(13-7-14-31)16-19-15-18-10-6-9-17(2)22(18)25-24(19)32/h6,9-10,15,20-21,31H,3-5,7-8,11-14,16H2,1-2H3,(H,25,32)/t21-/m1/s1. The van der Waals surface area contributed by atoms with Gasteiger partial charge < -0.3 is 10.1 Å². The summed E-state index contributed by atoms with van der Waals surface area (Å²) in [6.07, 6.45) is 7.14. The van der Waals surface area contributed by atoms with Gasteiger partial charge in [0.2, 0.25) is 0 Å². The lowest BCUT2D eigenvalue weighted by molar-refractivity contribution is 0.145. The second kappa shape index (κ2) is 10.4. The molecule has 1 aliphatic rings. The molecule has 3 aromatic rings. The summed E-state index contributed by atoms with van der Waals surface area (Å²) in [5.74, 6) is 0.879. The maximum absolute atomic E-state index is 13.0. The Bertz CT molecular complexity index is 1090. The number of nitrogens with one attached hydrogen (secondary N) is 1. The van der Waals surface area contributed by atoms with Crippen molar-refractivity contribution in [2.45, 2.75) is 77.4 Å². The normalized spacial score (nSPS) is 15.8. The minimum atomic E-state index is -0.0635. The Morgan fingerprint density at radius 3 is 2.88 bits per heavy atom. The molecule has 0 spiro atoms. The van der Waals surface area contributed by atoms with Gasteiger partial charge in [0, 0.05) is 25.3 Å². The van der Waals surface area contributed by atoms with Crippen LogP contribution in [0.15, 0.2) is 29.1 Å². The van der Waals surface area contributed by atoms with E-state index < -0.39 is 0 Å². The molecule has 2 N–H and O–H groups in total. The lowest BCUT2D eigenvalue weighted by atomic mass is 10.1. The highest BCUT2D eigenvalue weighted by Crippen LogP contribution is 2.33. The molecule has 32 heavy (non-hydrogen) atoms. The van der Waals surface area contributed by atoms with Crippen LogP contribution in [0.3, 0.4) is 0 Å². The van der Waals surface area contributed by atoms with E-state index in [2.05, 4.69) is 32.3 Å². The van der Waals surface area contributed by atoms with E-state index in [4.69, 9.17) is 0 Å². The average molecular weight is 439 g/mol. The van der Waals surface area contributed by atoms with Gasteiger partial charge >= 0.3 is 0 Å². The van der Waals surface area contributed by atoms with Gasteiger partial charge in [-0.2, -0.15) is 0 Å². The fourth-order valence-corrected chi connectivity index (χ4v) is 4.96. The number of tetrazole rings is 1. The number of aliphatic hydroxyl groups excluding tert-OH is 1. The Hall–Kier alpha value is -2.58. The molecule has 0 radical (unpaired) electrons. The lowest BCUT2D eigenvalue weighted by Crippen LogP contribution is -2.34. The molecule has 1 fully saturated rings. The molecule has 0 bridgehead atoms. The maximum Gasteiger partial charge on any atom is 0.252 e. The molecule has 1 aromatic carbocycles. The summed E-state index contributed by atoms with van der Waals surface area (Å²) < 4.78 is 2.02. The first kappa shape index (κ1) is 22.6. The Morgan fingerprint density at radius 2 is 2.12 bits per heavy atom. The van der Waals surface area contributed by atoms with Gasteiger partial charge in [-0.15, -0.1) is 5.10 Å². The van der Waals surface area contributed by atoms with E-state index in [1.54, 1.807) is 0 Å². The molecule has 1 atom stereocenters. The molecule has 0 amide bonds. The summed E-state index contributed by atoms with van der Waals surface area (Å²) >= 11 is 0. The van der Waals surface area contributed by atoms with Crippen molar-refractivity contribution in [1.82, 2.24) is 30.1 Å². The second-order valence-electron chi connectivity index (χ2n) is 8.93. The van der Waals surface area contributed by atoms with Crippen LogP contribution in [0.1, 0.15) is 80.9 Å². The third kappa shape index (κ3) is 4.76. The Kier molecular flexibility index (Phi) is 7.32. The van der Waals surface area contributed by atoms with Gasteiger partial charge in [-0.1, -0.05) is 44.4 Å². The van der Waals surface area contributed by atoms with Crippen molar-refractivity contribution in [3.63, 3.8) is 0 Å². The largest absolute Gasteiger partial charge is 0.396 e. The number of aromatic amines is 1. The number of aromatic nitrogens is 5. The number of fused-ring (bicyclic) bond motifs is 1. The summed E-state index contributed by atoms with van der Waals surface area (Å²) in [5.41, 5.74) is 2.61. The minimum absolute atomic E-state index is 0.00486. The molecule has 0 saturated heterocycles. The second-order valence-corrected chi connectivity index (χ2v) is 8.93. The van der Waals surface area contributed by atoms with Crippen LogP contribution in [-0.4, -0.2) is 48.3 Å². The van der Waals surface area contributed by atoms with Crippen LogP contribution in [0.25, 0.3) is 10.9 Å². The van der Waals surface area contributed by atoms with Crippen molar-refractivity contribution in [1.29, 1.82) is 0 Å². The van der Waals surface area contributed by atoms with Crippen LogP contribution < -0.4 is 5.56 Å². The van der Waals surface area contributed by atoms with Crippen LogP contribution in [0, 0.1) is 6.92 Å². The van der Waals surface area contributed by atoms with Crippen LogP contribution in [0.5, 0.6) is 0 Å². The van der Waals surface area contributed by atoms with Crippen molar-refractivity contribution in [3.05, 3.63) is 51.6 Å². The van der Waals surface area contributed by atoms with Gasteiger partial charge in [0.15, 0.2) is 5.82 Å². The van der Waals surface area contributed by atoms with Crippen molar-refractivity contribution in [2.24, 2.45) is 0 Å². The molecule has 8 heteroatoms. The number of benzene rings is 1. The SMILES string of the molecule is CCC[C@H](c1nnnn1C1CCCC1)N(CCCO)Cc1cc2cccc(C)c2[nH]c1=O. The predicted molar refractivity (Wildman–Crippen MR) is 124 cm³/mol. The van der Waals surface area contributed by atoms with Crippen molar-refractivity contribution < 1.29 is 5.11 Å². The number of hydrogen-bond donors (Lipinski definition) is 2. The van der Waals surface area contributed by atoms with Gasteiger partial charge in [0.05, 0.1) is 17.6 Å². The highest BCUT2D eigenvalue weighted by molar-refractivity contribution is 5.81. The molecule has 4 rings (SSSR count). The van der Waals surface area contributed by atoms with E-state index in [1.807, 2.05) is 35.9 Å². The van der Waals surface area contributed by atoms with E-state index in [9.17, 15) is 9.90 Å². The number of nitrogens with zero attached hydrogens (tertiary/aromatic N) is 5. The minimum Gasteiger partial charge on any atom is -0.396 e. The fraction of sp³-hybridized carbons (Fsp3) is 0.583. The predicted octanol–water partition coefficient (Wildman–Crippen LogP) is 3.66. The fourth-order valence-electron chi connectivity index (χ4n) is 4.96. The quantitative estimate of drug-likeness (QED) is 0.501. The van der Waals surface area contributed by atoms with Crippen LogP contribution in [0.2, 0.25) is 0 Å². The lowest BCUT2D eigenvalue weighted by Gasteiger charge is -2.31. The third-order valence-corrected chi connectivity index (χ3v) is 6.63. The zero-order valence-corrected chi connectivity index (χ0v) is 19.1. The first-order valence-electron chi connectivity index (χ1n) is 11.9. The molecular formula is C24H34N6O2. The molecule has 2 heterocycles. The van der Waals surface area contributed by atoms with E-state index in [-0.39, 0.29) is 18.2 Å². The highest BCUT2D eigenvalue weighted by atomic mass is 16.3. The van der Waals surface area contributed by atoms with E-state index in [0.717, 1.165) is 53.5 Å². The molecule has 172 valence electrons. The Balaban J connectivity index is 1.69. The number of aryl methyl sites for hydroxylation is 1. The number of para-hydroxylation sites is 1. The van der Waals surface area contributed by atoms with Crippen molar-refractivity contribution >= 4 is 10.9 Å². The van der Waals surface area contributed by atoms with E-state index in [0.29, 0.717) is 25.6 Å². The number of hydrogen-bond acceptors (Lipinski definition) is 6. The molecule has 8 nitrogen and oxygen atoms in total. The van der Waals surface area contributed by atoms with Gasteiger partial charge in [-0.25, -0.2) is 4.68 Å². The molecule has 0 aliphatic heterocycles. The summed E-state index contributed by atoms with van der Waals surface area (Å²) in [4.78, 5) is 18.3. The summed E-state index contributed by atoms with van der Waals surface area (Å²) in [6, 6.07) is 8.39. The number of rotatable bonds is 10. The first-order chi connectivity index (χ1) is 15.6. The monoisotopic (exact) mass is 438 g/mol. The maximum atomic E-state index is 13.0. The third-order valence-electron chi connectivity index (χ3n) is 6.63. The Labute approximate surface area is 188 Å². The zero-order valence-electron chi connectivity index (χ0n) is 19.1. The van der Waals surface area contributed by atoms with E-state index >= 15 is 0 Å². The Morgan fingerprint density at radius 1 is 1.31 bits per heavy atom. The number of pyridine rings is 1. The van der Waals surface area contributed by atoms with Gasteiger partial charge in [0.25, 0.3) is 5.56 Å². The summed E-state index contributed by atoms with van der Waals surface area (Å²) in [5, 5.41) is 23.4. The number of aliphatic hydroxyl groups is 1. The molecule has 2 aromatic heterocycles. The van der Waals surface area contributed by atoms with E-state index in [1.165, 1.54) is 12.8 Å². The highest BCUT2D eigenvalue weighted by Gasteiger charge is 2.30. The molecule has 1 aliphatic carbocycles. The average Bonchev–Trinajstić information content (AvgIpc) is 3.48. The summed E-state index contributed by atoms with van der Waals surface area (Å²) in [6.45, 7) is 5.43. The van der Waals surface area contributed by atoms with Crippen LogP contribution in [-0.2, 0) is 6.54 Å². The summed E-state index contributed by atoms with van der Waals surface area (Å²) in [7, 11) is 0. The molecule has 1 saturated carbocycles. The van der Waals surface area contributed by atoms with Gasteiger partial charge in [-0.05, 0) is 60.0 Å². The van der Waals surface area contributed by atoms with Crippen LogP contribution in [0.4, 0.5) is 0 Å². The molecule has 0 unspecified atom stereocenters. The topological polar surface area (TPSA) is 99.9 Å². The number of H-pyrrole nitrogens is 1. The van der Waals surface area contributed by atoms with Crippen LogP contribution >= 0.6 is 0 Å². The van der Waals surface area contributed by atoms with Gasteiger partial charge in [-0.3, -0.25) is 9.69 Å². The van der Waals surface area contributed by atoms with Crippen molar-refractivity contribution in [2.75, 3.05) is 13.2 Å². The van der Waals surface area contributed by atoms with Gasteiger partial charge in [0.1, 0.15) is 0 Å². The van der Waals surface area contributed by atoms with Crippen molar-refractivity contribution in [3.8, 4) is 0 Å².